The van der Waals surface area contributed by atoms with Crippen LogP contribution in [0.1, 0.15) is 18.3 Å². The number of hydrogen-bond donors (Lipinski definition) is 2. The van der Waals surface area contributed by atoms with Crippen molar-refractivity contribution in [1.29, 1.82) is 0 Å². The molecule has 19 heavy (non-hydrogen) atoms. The Morgan fingerprint density at radius 1 is 1.32 bits per heavy atom. The second kappa shape index (κ2) is 6.97. The molecule has 0 saturated carbocycles. The van der Waals surface area contributed by atoms with E-state index in [9.17, 15) is 0 Å². The summed E-state index contributed by atoms with van der Waals surface area (Å²) in [6.07, 6.45) is 0. The van der Waals surface area contributed by atoms with Crippen LogP contribution in [-0.2, 0) is 13.1 Å². The molecule has 0 amide bonds. The Hall–Kier alpha value is -0.990. The van der Waals surface area contributed by atoms with Gasteiger partial charge in [0.2, 0.25) is 0 Å². The molecular formula is C11H13Br2N5O. The van der Waals surface area contributed by atoms with Gasteiger partial charge in [0.15, 0.2) is 5.82 Å². The van der Waals surface area contributed by atoms with Gasteiger partial charge in [-0.05, 0) is 35.0 Å². The summed E-state index contributed by atoms with van der Waals surface area (Å²) in [6, 6.07) is 3.99. The molecule has 0 aliphatic heterocycles. The quantitative estimate of drug-likeness (QED) is 0.792. The van der Waals surface area contributed by atoms with E-state index in [0.29, 0.717) is 25.5 Å². The molecule has 6 nitrogen and oxygen atoms in total. The molecule has 0 fully saturated rings. The topological polar surface area (TPSA) is 75.7 Å². The van der Waals surface area contributed by atoms with Crippen molar-refractivity contribution in [2.24, 2.45) is 0 Å². The van der Waals surface area contributed by atoms with Gasteiger partial charge in [0.25, 0.3) is 0 Å². The van der Waals surface area contributed by atoms with Gasteiger partial charge < -0.3 is 10.1 Å². The molecule has 0 unspecified atom stereocenters. The fraction of sp³-hybridized carbons (Fsp3) is 0.364. The average Bonchev–Trinajstić information content (AvgIpc) is 2.86. The minimum absolute atomic E-state index is 0.548. The number of rotatable bonds is 6. The van der Waals surface area contributed by atoms with E-state index in [-0.39, 0.29) is 0 Å². The second-order valence-electron chi connectivity index (χ2n) is 3.74. The number of tetrazole rings is 1. The maximum absolute atomic E-state index is 5.65. The first kappa shape index (κ1) is 14.4. The van der Waals surface area contributed by atoms with E-state index >= 15 is 0 Å². The van der Waals surface area contributed by atoms with Gasteiger partial charge in [-0.3, -0.25) is 0 Å². The number of benzene rings is 1. The predicted molar refractivity (Wildman–Crippen MR) is 77.7 cm³/mol. The van der Waals surface area contributed by atoms with Gasteiger partial charge in [-0.25, -0.2) is 0 Å². The maximum atomic E-state index is 5.65. The van der Waals surface area contributed by atoms with E-state index in [0.717, 1.165) is 20.3 Å². The SMILES string of the molecule is CCOc1c(Br)cc(Br)cc1CNCc1nn[nH]n1. The number of halogens is 2. The molecule has 2 rings (SSSR count). The third-order valence-electron chi connectivity index (χ3n) is 2.36. The summed E-state index contributed by atoms with van der Waals surface area (Å²) in [7, 11) is 0. The largest absolute Gasteiger partial charge is 0.492 e. The number of H-pyrrole nitrogens is 1. The molecule has 0 radical (unpaired) electrons. The fourth-order valence-electron chi connectivity index (χ4n) is 1.62. The van der Waals surface area contributed by atoms with Crippen LogP contribution in [0.4, 0.5) is 0 Å². The Kier molecular flexibility index (Phi) is 5.29. The van der Waals surface area contributed by atoms with Crippen LogP contribution in [-0.4, -0.2) is 27.2 Å². The predicted octanol–water partition coefficient (Wildman–Crippen LogP) is 2.41. The molecule has 0 spiro atoms. The van der Waals surface area contributed by atoms with Crippen LogP contribution in [0.5, 0.6) is 5.75 Å². The highest BCUT2D eigenvalue weighted by Crippen LogP contribution is 2.32. The highest BCUT2D eigenvalue weighted by molar-refractivity contribution is 9.11. The van der Waals surface area contributed by atoms with Crippen LogP contribution in [0.15, 0.2) is 21.1 Å². The number of aromatic nitrogens is 4. The van der Waals surface area contributed by atoms with E-state index in [1.807, 2.05) is 19.1 Å². The first-order valence-electron chi connectivity index (χ1n) is 5.74. The zero-order valence-corrected chi connectivity index (χ0v) is 13.5. The van der Waals surface area contributed by atoms with Crippen molar-refractivity contribution >= 4 is 31.9 Å². The molecule has 0 aliphatic rings. The number of hydrogen-bond acceptors (Lipinski definition) is 5. The lowest BCUT2D eigenvalue weighted by molar-refractivity contribution is 0.333. The first-order chi connectivity index (χ1) is 9.20. The monoisotopic (exact) mass is 389 g/mol. The lowest BCUT2D eigenvalue weighted by Gasteiger charge is -2.13. The first-order valence-corrected chi connectivity index (χ1v) is 7.33. The maximum Gasteiger partial charge on any atom is 0.188 e. The van der Waals surface area contributed by atoms with Crippen molar-refractivity contribution < 1.29 is 4.74 Å². The third-order valence-corrected chi connectivity index (χ3v) is 3.41. The van der Waals surface area contributed by atoms with Crippen molar-refractivity contribution in [2.45, 2.75) is 20.0 Å². The minimum atomic E-state index is 0.548. The van der Waals surface area contributed by atoms with Crippen molar-refractivity contribution in [3.05, 3.63) is 32.5 Å². The molecule has 0 bridgehead atoms. The third kappa shape index (κ3) is 3.99. The summed E-state index contributed by atoms with van der Waals surface area (Å²) < 4.78 is 7.58. The number of aromatic amines is 1. The van der Waals surface area contributed by atoms with E-state index in [1.54, 1.807) is 0 Å². The van der Waals surface area contributed by atoms with Gasteiger partial charge in [0.1, 0.15) is 5.75 Å². The van der Waals surface area contributed by atoms with Crippen LogP contribution in [0.2, 0.25) is 0 Å². The Morgan fingerprint density at radius 2 is 2.16 bits per heavy atom. The summed E-state index contributed by atoms with van der Waals surface area (Å²) in [5, 5.41) is 16.9. The molecule has 1 aromatic carbocycles. The van der Waals surface area contributed by atoms with Crippen molar-refractivity contribution in [2.75, 3.05) is 6.61 Å². The van der Waals surface area contributed by atoms with Crippen LogP contribution in [0.25, 0.3) is 0 Å². The molecule has 1 heterocycles. The van der Waals surface area contributed by atoms with Gasteiger partial charge in [-0.15, -0.1) is 10.2 Å². The molecule has 1 aromatic heterocycles. The Balaban J connectivity index is 2.05. The van der Waals surface area contributed by atoms with Crippen molar-refractivity contribution in [3.8, 4) is 5.75 Å². The van der Waals surface area contributed by atoms with Crippen LogP contribution in [0.3, 0.4) is 0 Å². The van der Waals surface area contributed by atoms with Crippen LogP contribution in [0, 0.1) is 0 Å². The summed E-state index contributed by atoms with van der Waals surface area (Å²) in [5.74, 6) is 1.48. The molecular weight excluding hydrogens is 378 g/mol. The van der Waals surface area contributed by atoms with Gasteiger partial charge in [-0.1, -0.05) is 21.1 Å². The van der Waals surface area contributed by atoms with E-state index in [4.69, 9.17) is 4.74 Å². The van der Waals surface area contributed by atoms with Crippen molar-refractivity contribution in [3.63, 3.8) is 0 Å². The smallest absolute Gasteiger partial charge is 0.188 e. The summed E-state index contributed by atoms with van der Waals surface area (Å²) in [6.45, 7) is 3.79. The van der Waals surface area contributed by atoms with Gasteiger partial charge >= 0.3 is 0 Å². The molecule has 0 atom stereocenters. The molecule has 0 aliphatic carbocycles. The van der Waals surface area contributed by atoms with E-state index < -0.39 is 0 Å². The molecule has 2 aromatic rings. The highest BCUT2D eigenvalue weighted by atomic mass is 79.9. The van der Waals surface area contributed by atoms with Gasteiger partial charge in [0, 0.05) is 16.6 Å². The zero-order valence-electron chi connectivity index (χ0n) is 10.3. The van der Waals surface area contributed by atoms with Gasteiger partial charge in [0.05, 0.1) is 17.6 Å². The number of nitrogens with one attached hydrogen (secondary N) is 2. The normalized spacial score (nSPS) is 10.7. The van der Waals surface area contributed by atoms with E-state index in [2.05, 4.69) is 57.8 Å². The van der Waals surface area contributed by atoms with Crippen LogP contribution >= 0.6 is 31.9 Å². The van der Waals surface area contributed by atoms with Crippen molar-refractivity contribution in [1.82, 2.24) is 25.9 Å². The Labute approximate surface area is 127 Å². The van der Waals surface area contributed by atoms with E-state index in [1.165, 1.54) is 0 Å². The van der Waals surface area contributed by atoms with Gasteiger partial charge in [-0.2, -0.15) is 5.21 Å². The average molecular weight is 391 g/mol. The molecule has 102 valence electrons. The summed E-state index contributed by atoms with van der Waals surface area (Å²) >= 11 is 6.98. The highest BCUT2D eigenvalue weighted by Gasteiger charge is 2.10. The number of ether oxygens (including phenoxy) is 1. The zero-order chi connectivity index (χ0) is 13.7. The Morgan fingerprint density at radius 3 is 2.84 bits per heavy atom. The van der Waals surface area contributed by atoms with Crippen LogP contribution < -0.4 is 10.1 Å². The standard InChI is InChI=1S/C11H13Br2N5O/c1-2-19-11-7(3-8(12)4-9(11)13)5-14-6-10-15-17-18-16-10/h3-4,14H,2,5-6H2,1H3,(H,15,16,17,18). The summed E-state index contributed by atoms with van der Waals surface area (Å²) in [5.41, 5.74) is 1.06. The molecule has 0 saturated heterocycles. The minimum Gasteiger partial charge on any atom is -0.492 e. The lowest BCUT2D eigenvalue weighted by atomic mass is 10.2. The molecule has 2 N–H and O–H groups in total. The number of nitrogens with zero attached hydrogens (tertiary/aromatic N) is 3. The second-order valence-corrected chi connectivity index (χ2v) is 5.51. The Bertz CT molecular complexity index is 532. The lowest BCUT2D eigenvalue weighted by Crippen LogP contribution is -2.15. The molecule has 8 heteroatoms. The fourth-order valence-corrected chi connectivity index (χ4v) is 3.05. The summed E-state index contributed by atoms with van der Waals surface area (Å²) in [4.78, 5) is 0.